The van der Waals surface area contributed by atoms with Gasteiger partial charge in [-0.2, -0.15) is 0 Å². The van der Waals surface area contributed by atoms with Crippen molar-refractivity contribution >= 4 is 17.6 Å². The summed E-state index contributed by atoms with van der Waals surface area (Å²) in [6.07, 6.45) is 0.676. The van der Waals surface area contributed by atoms with Gasteiger partial charge in [-0.25, -0.2) is 9.37 Å². The number of rotatable bonds is 3. The first-order chi connectivity index (χ1) is 12.0. The molecule has 1 aromatic carbocycles. The molecule has 130 valence electrons. The van der Waals surface area contributed by atoms with Crippen molar-refractivity contribution < 1.29 is 18.7 Å². The van der Waals surface area contributed by atoms with E-state index in [9.17, 15) is 14.0 Å². The molecule has 0 saturated carbocycles. The molecule has 3 rings (SSSR count). The van der Waals surface area contributed by atoms with Gasteiger partial charge in [0, 0.05) is 13.2 Å². The molecule has 2 atom stereocenters. The van der Waals surface area contributed by atoms with Crippen LogP contribution in [0.1, 0.15) is 17.2 Å². The summed E-state index contributed by atoms with van der Waals surface area (Å²) in [6.45, 7) is 1.70. The van der Waals surface area contributed by atoms with Crippen LogP contribution in [0.5, 0.6) is 0 Å². The van der Waals surface area contributed by atoms with Gasteiger partial charge in [0.25, 0.3) is 5.91 Å². The molecule has 0 bridgehead atoms. The topological polar surface area (TPSA) is 71.5 Å². The van der Waals surface area contributed by atoms with Crippen LogP contribution in [0.15, 0.2) is 42.6 Å². The van der Waals surface area contributed by atoms with Crippen LogP contribution in [0.2, 0.25) is 0 Å². The second-order valence-corrected chi connectivity index (χ2v) is 5.94. The lowest BCUT2D eigenvalue weighted by Gasteiger charge is -2.38. The number of morpholine rings is 1. The van der Waals surface area contributed by atoms with Crippen molar-refractivity contribution in [3.63, 3.8) is 0 Å². The van der Waals surface area contributed by atoms with Crippen LogP contribution in [-0.4, -0.2) is 41.5 Å². The lowest BCUT2D eigenvalue weighted by Crippen LogP contribution is -2.51. The fraction of sp³-hybridized carbons (Fsp3) is 0.278. The maximum absolute atomic E-state index is 13.2. The third kappa shape index (κ3) is 3.66. The van der Waals surface area contributed by atoms with Crippen LogP contribution in [0.25, 0.3) is 0 Å². The number of benzene rings is 1. The number of aromatic nitrogens is 1. The highest BCUT2D eigenvalue weighted by Gasteiger charge is 2.40. The number of likely N-dealkylation sites (N-methyl/N-ethyl adjacent to an activating group) is 1. The Balaban J connectivity index is 1.87. The van der Waals surface area contributed by atoms with E-state index in [1.807, 2.05) is 13.0 Å². The largest absolute Gasteiger partial charge is 0.356 e. The normalized spacial score (nSPS) is 20.4. The summed E-state index contributed by atoms with van der Waals surface area (Å²) in [5.41, 5.74) is 1.58. The maximum atomic E-state index is 13.2. The third-order valence-corrected chi connectivity index (χ3v) is 4.12. The van der Waals surface area contributed by atoms with Gasteiger partial charge in [-0.15, -0.1) is 0 Å². The molecule has 1 aliphatic rings. The number of aryl methyl sites for hydroxylation is 1. The van der Waals surface area contributed by atoms with E-state index in [0.717, 1.165) is 5.56 Å². The summed E-state index contributed by atoms with van der Waals surface area (Å²) in [6, 6.07) is 8.58. The molecule has 2 aromatic rings. The SMILES string of the molecule is Cc1ccnc(NC(=O)[C@H]2OCC(=O)N(C)[C@@H]2c2ccc(F)cc2)c1. The molecule has 0 radical (unpaired) electrons. The van der Waals surface area contributed by atoms with E-state index in [2.05, 4.69) is 10.3 Å². The molecule has 1 aliphatic heterocycles. The Bertz CT molecular complexity index is 794. The molecule has 6 nitrogen and oxygen atoms in total. The van der Waals surface area contributed by atoms with Crippen molar-refractivity contribution in [2.24, 2.45) is 0 Å². The smallest absolute Gasteiger partial charge is 0.257 e. The van der Waals surface area contributed by atoms with Crippen LogP contribution in [0.3, 0.4) is 0 Å². The molecular formula is C18H18FN3O3. The molecule has 25 heavy (non-hydrogen) atoms. The van der Waals surface area contributed by atoms with Crippen LogP contribution in [0, 0.1) is 12.7 Å². The zero-order valence-electron chi connectivity index (χ0n) is 13.9. The summed E-state index contributed by atoms with van der Waals surface area (Å²) in [5, 5.41) is 2.71. The minimum absolute atomic E-state index is 0.187. The van der Waals surface area contributed by atoms with Gasteiger partial charge >= 0.3 is 0 Å². The number of anilines is 1. The van der Waals surface area contributed by atoms with Gasteiger partial charge < -0.3 is 15.0 Å². The van der Waals surface area contributed by atoms with E-state index in [-0.39, 0.29) is 18.3 Å². The summed E-state index contributed by atoms with van der Waals surface area (Å²) in [5.74, 6) is -0.635. The molecule has 2 amide bonds. The van der Waals surface area contributed by atoms with Crippen LogP contribution >= 0.6 is 0 Å². The van der Waals surface area contributed by atoms with Gasteiger partial charge in [-0.1, -0.05) is 12.1 Å². The van der Waals surface area contributed by atoms with E-state index < -0.39 is 18.1 Å². The lowest BCUT2D eigenvalue weighted by molar-refractivity contribution is -0.160. The average molecular weight is 343 g/mol. The first-order valence-corrected chi connectivity index (χ1v) is 7.82. The molecule has 0 spiro atoms. The Hall–Kier alpha value is -2.80. The molecule has 1 N–H and O–H groups in total. The van der Waals surface area contributed by atoms with Crippen molar-refractivity contribution in [2.75, 3.05) is 19.0 Å². The minimum Gasteiger partial charge on any atom is -0.356 e. The summed E-state index contributed by atoms with van der Waals surface area (Å²) in [4.78, 5) is 30.2. The summed E-state index contributed by atoms with van der Waals surface area (Å²) in [7, 11) is 1.60. The number of nitrogens with one attached hydrogen (secondary N) is 1. The number of nitrogens with zero attached hydrogens (tertiary/aromatic N) is 2. The molecule has 7 heteroatoms. The third-order valence-electron chi connectivity index (χ3n) is 4.12. The molecular weight excluding hydrogens is 325 g/mol. The van der Waals surface area contributed by atoms with Crippen molar-refractivity contribution in [2.45, 2.75) is 19.1 Å². The van der Waals surface area contributed by atoms with Crippen LogP contribution in [-0.2, 0) is 14.3 Å². The molecule has 1 fully saturated rings. The predicted octanol–water partition coefficient (Wildman–Crippen LogP) is 2.07. The Labute approximate surface area is 144 Å². The van der Waals surface area contributed by atoms with Gasteiger partial charge in [0.15, 0.2) is 6.10 Å². The minimum atomic E-state index is -0.921. The Morgan fingerprint density at radius 3 is 2.72 bits per heavy atom. The van der Waals surface area contributed by atoms with E-state index in [1.165, 1.54) is 17.0 Å². The second-order valence-electron chi connectivity index (χ2n) is 5.94. The number of ether oxygens (including phenoxy) is 1. The number of hydrogen-bond acceptors (Lipinski definition) is 4. The lowest BCUT2D eigenvalue weighted by atomic mass is 9.97. The molecule has 0 unspecified atom stereocenters. The predicted molar refractivity (Wildman–Crippen MR) is 89.3 cm³/mol. The van der Waals surface area contributed by atoms with Gasteiger partial charge in [0.1, 0.15) is 18.2 Å². The fourth-order valence-corrected chi connectivity index (χ4v) is 2.79. The van der Waals surface area contributed by atoms with Gasteiger partial charge in [-0.3, -0.25) is 9.59 Å². The first kappa shape index (κ1) is 17.0. The summed E-state index contributed by atoms with van der Waals surface area (Å²) < 4.78 is 18.7. The van der Waals surface area contributed by atoms with Gasteiger partial charge in [0.05, 0.1) is 6.04 Å². The molecule has 1 saturated heterocycles. The van der Waals surface area contributed by atoms with Gasteiger partial charge in [-0.05, 0) is 42.3 Å². The van der Waals surface area contributed by atoms with Crippen LogP contribution < -0.4 is 5.32 Å². The highest BCUT2D eigenvalue weighted by molar-refractivity contribution is 5.95. The van der Waals surface area contributed by atoms with Crippen molar-refractivity contribution in [3.8, 4) is 0 Å². The Kier molecular flexibility index (Phi) is 4.76. The van der Waals surface area contributed by atoms with Crippen molar-refractivity contribution in [1.29, 1.82) is 0 Å². The average Bonchev–Trinajstić information content (AvgIpc) is 2.58. The monoisotopic (exact) mass is 343 g/mol. The molecule has 0 aliphatic carbocycles. The Morgan fingerprint density at radius 1 is 1.32 bits per heavy atom. The standard InChI is InChI=1S/C18H18FN3O3/c1-11-7-8-20-14(9-11)21-18(24)17-16(22(2)15(23)10-25-17)12-3-5-13(19)6-4-12/h3-9,16-17H,10H2,1-2H3,(H,20,21,24)/t16-,17+/m1/s1. The number of amides is 2. The fourth-order valence-electron chi connectivity index (χ4n) is 2.79. The van der Waals surface area contributed by atoms with E-state index in [0.29, 0.717) is 11.4 Å². The van der Waals surface area contributed by atoms with E-state index in [1.54, 1.807) is 31.4 Å². The number of pyridine rings is 1. The highest BCUT2D eigenvalue weighted by atomic mass is 19.1. The van der Waals surface area contributed by atoms with Crippen molar-refractivity contribution in [3.05, 3.63) is 59.5 Å². The van der Waals surface area contributed by atoms with E-state index >= 15 is 0 Å². The summed E-state index contributed by atoms with van der Waals surface area (Å²) >= 11 is 0. The van der Waals surface area contributed by atoms with Gasteiger partial charge in [0.2, 0.25) is 5.91 Å². The number of carbonyl (C=O) groups excluding carboxylic acids is 2. The number of hydrogen-bond donors (Lipinski definition) is 1. The van der Waals surface area contributed by atoms with Crippen molar-refractivity contribution in [1.82, 2.24) is 9.88 Å². The van der Waals surface area contributed by atoms with E-state index in [4.69, 9.17) is 4.74 Å². The zero-order chi connectivity index (χ0) is 18.0. The molecule has 2 heterocycles. The highest BCUT2D eigenvalue weighted by Crippen LogP contribution is 2.30. The zero-order valence-corrected chi connectivity index (χ0v) is 13.9. The van der Waals surface area contributed by atoms with Crippen LogP contribution in [0.4, 0.5) is 10.2 Å². The Morgan fingerprint density at radius 2 is 2.04 bits per heavy atom. The first-order valence-electron chi connectivity index (χ1n) is 7.82. The maximum Gasteiger partial charge on any atom is 0.257 e. The number of halogens is 1. The second kappa shape index (κ2) is 6.98. The number of carbonyl (C=O) groups is 2. The quantitative estimate of drug-likeness (QED) is 0.926. The molecule has 1 aromatic heterocycles.